The molecule has 0 aliphatic rings. The van der Waals surface area contributed by atoms with Gasteiger partial charge < -0.3 is 19.5 Å². The highest BCUT2D eigenvalue weighted by atomic mass is 16.5. The van der Waals surface area contributed by atoms with Gasteiger partial charge in [-0.1, -0.05) is 13.8 Å². The van der Waals surface area contributed by atoms with Gasteiger partial charge in [0.2, 0.25) is 0 Å². The van der Waals surface area contributed by atoms with Crippen molar-refractivity contribution in [1.82, 2.24) is 0 Å². The molecule has 0 bridgehead atoms. The summed E-state index contributed by atoms with van der Waals surface area (Å²) in [6, 6.07) is 6.37. The number of benzene rings is 1. The van der Waals surface area contributed by atoms with Gasteiger partial charge in [0.25, 0.3) is 0 Å². The number of ether oxygens (including phenoxy) is 1. The molecule has 1 aromatic rings. The lowest BCUT2D eigenvalue weighted by Crippen LogP contribution is -3.12. The van der Waals surface area contributed by atoms with Gasteiger partial charge in [-0.05, 0) is 42.7 Å². The minimum Gasteiger partial charge on any atom is -0.545 e. The van der Waals surface area contributed by atoms with Crippen LogP contribution in [0.1, 0.15) is 43.5 Å². The fraction of sp³-hybridized carbons (Fsp3) is 0.562. The molecule has 20 heavy (non-hydrogen) atoms. The molecule has 0 unspecified atom stereocenters. The summed E-state index contributed by atoms with van der Waals surface area (Å²) in [4.78, 5) is 12.2. The molecular formula is C16H25NO3. The van der Waals surface area contributed by atoms with Crippen molar-refractivity contribution in [2.75, 3.05) is 26.2 Å². The number of carbonyl (C=O) groups is 1. The smallest absolute Gasteiger partial charge is 0.119 e. The van der Waals surface area contributed by atoms with Gasteiger partial charge in [0.1, 0.15) is 5.75 Å². The first-order valence-electron chi connectivity index (χ1n) is 7.45. The van der Waals surface area contributed by atoms with Crippen molar-refractivity contribution in [3.63, 3.8) is 0 Å². The molecule has 112 valence electrons. The third kappa shape index (κ3) is 6.06. The van der Waals surface area contributed by atoms with Gasteiger partial charge in [0, 0.05) is 6.42 Å². The van der Waals surface area contributed by atoms with Gasteiger partial charge in [-0.15, -0.1) is 0 Å². The Morgan fingerprint density at radius 2 is 1.70 bits per heavy atom. The van der Waals surface area contributed by atoms with Crippen LogP contribution in [0.2, 0.25) is 0 Å². The number of hydrogen-bond acceptors (Lipinski definition) is 3. The molecule has 0 saturated carbocycles. The molecule has 0 atom stereocenters. The number of quaternary nitrogens is 1. The molecule has 4 nitrogen and oxygen atoms in total. The summed E-state index contributed by atoms with van der Waals surface area (Å²) in [5.41, 5.74) is 0.180. The summed E-state index contributed by atoms with van der Waals surface area (Å²) in [5.74, 6) is -0.447. The molecule has 1 aromatic carbocycles. The van der Waals surface area contributed by atoms with Gasteiger partial charge in [0.15, 0.2) is 0 Å². The Kier molecular flexibility index (Phi) is 7.73. The average Bonchev–Trinajstić information content (AvgIpc) is 2.44. The van der Waals surface area contributed by atoms with Crippen LogP contribution in [0.4, 0.5) is 0 Å². The summed E-state index contributed by atoms with van der Waals surface area (Å²) in [6.07, 6.45) is 3.43. The van der Waals surface area contributed by atoms with Crippen LogP contribution in [0.25, 0.3) is 0 Å². The highest BCUT2D eigenvalue weighted by Gasteiger charge is 2.05. The molecular weight excluding hydrogens is 254 g/mol. The molecule has 0 aromatic heterocycles. The van der Waals surface area contributed by atoms with Crippen molar-refractivity contribution in [2.24, 2.45) is 0 Å². The summed E-state index contributed by atoms with van der Waals surface area (Å²) in [5, 5.41) is 10.6. The summed E-state index contributed by atoms with van der Waals surface area (Å²) >= 11 is 0. The standard InChI is InChI=1S/C16H25NO3/c1-3-10-17(11-4-2)12-5-13-20-15-8-6-14(7-9-15)16(18)19/h6-9H,3-5,10-13H2,1-2H3,(H,18,19). The first-order valence-corrected chi connectivity index (χ1v) is 7.45. The van der Waals surface area contributed by atoms with E-state index in [4.69, 9.17) is 4.74 Å². The molecule has 0 fully saturated rings. The molecule has 1 N–H and O–H groups in total. The molecule has 1 rings (SSSR count). The SMILES string of the molecule is CCC[NH+](CCC)CCCOc1ccc(C(=O)[O-])cc1. The van der Waals surface area contributed by atoms with E-state index < -0.39 is 5.97 Å². The normalized spacial score (nSPS) is 10.8. The van der Waals surface area contributed by atoms with E-state index in [1.54, 1.807) is 17.0 Å². The van der Waals surface area contributed by atoms with E-state index in [0.717, 1.165) is 13.0 Å². The van der Waals surface area contributed by atoms with Gasteiger partial charge in [-0.2, -0.15) is 0 Å². The van der Waals surface area contributed by atoms with Gasteiger partial charge in [-0.3, -0.25) is 0 Å². The van der Waals surface area contributed by atoms with Crippen molar-refractivity contribution in [3.8, 4) is 5.75 Å². The van der Waals surface area contributed by atoms with Crippen LogP contribution < -0.4 is 14.7 Å². The first-order chi connectivity index (χ1) is 9.67. The quantitative estimate of drug-likeness (QED) is 0.635. The van der Waals surface area contributed by atoms with Crippen LogP contribution in [-0.2, 0) is 0 Å². The Hall–Kier alpha value is -1.55. The zero-order chi connectivity index (χ0) is 14.8. The molecule has 0 radical (unpaired) electrons. The van der Waals surface area contributed by atoms with Crippen molar-refractivity contribution in [2.45, 2.75) is 33.1 Å². The number of carboxylic acid groups (broad SMARTS) is 1. The van der Waals surface area contributed by atoms with Crippen LogP contribution in [0, 0.1) is 0 Å². The van der Waals surface area contributed by atoms with Crippen molar-refractivity contribution >= 4 is 5.97 Å². The maximum Gasteiger partial charge on any atom is 0.119 e. The maximum atomic E-state index is 10.6. The molecule has 0 aliphatic heterocycles. The lowest BCUT2D eigenvalue weighted by atomic mass is 10.2. The number of nitrogens with one attached hydrogen (secondary N) is 1. The fourth-order valence-electron chi connectivity index (χ4n) is 2.28. The van der Waals surface area contributed by atoms with Gasteiger partial charge in [-0.25, -0.2) is 0 Å². The van der Waals surface area contributed by atoms with Crippen molar-refractivity contribution in [1.29, 1.82) is 0 Å². The predicted molar refractivity (Wildman–Crippen MR) is 77.0 cm³/mol. The number of carbonyl (C=O) groups excluding carboxylic acids is 1. The summed E-state index contributed by atoms with van der Waals surface area (Å²) in [7, 11) is 0. The van der Waals surface area contributed by atoms with E-state index in [2.05, 4.69) is 13.8 Å². The van der Waals surface area contributed by atoms with E-state index >= 15 is 0 Å². The Balaban J connectivity index is 2.27. The van der Waals surface area contributed by atoms with E-state index in [-0.39, 0.29) is 5.56 Å². The lowest BCUT2D eigenvalue weighted by Gasteiger charge is -2.18. The second-order valence-electron chi connectivity index (χ2n) is 5.01. The fourth-order valence-corrected chi connectivity index (χ4v) is 2.28. The monoisotopic (exact) mass is 279 g/mol. The van der Waals surface area contributed by atoms with Gasteiger partial charge in [0.05, 0.1) is 32.2 Å². The molecule has 4 heteroatoms. The van der Waals surface area contributed by atoms with E-state index in [0.29, 0.717) is 12.4 Å². The van der Waals surface area contributed by atoms with Crippen LogP contribution in [0.5, 0.6) is 5.75 Å². The Bertz CT molecular complexity index is 383. The van der Waals surface area contributed by atoms with E-state index in [1.807, 2.05) is 0 Å². The highest BCUT2D eigenvalue weighted by Crippen LogP contribution is 2.11. The summed E-state index contributed by atoms with van der Waals surface area (Å²) in [6.45, 7) is 8.65. The second-order valence-corrected chi connectivity index (χ2v) is 5.01. The zero-order valence-corrected chi connectivity index (χ0v) is 12.5. The second kappa shape index (κ2) is 9.37. The van der Waals surface area contributed by atoms with E-state index in [1.165, 1.54) is 38.1 Å². The van der Waals surface area contributed by atoms with Crippen LogP contribution >= 0.6 is 0 Å². The van der Waals surface area contributed by atoms with E-state index in [9.17, 15) is 9.90 Å². The average molecular weight is 279 g/mol. The molecule has 0 saturated heterocycles. The number of hydrogen-bond donors (Lipinski definition) is 1. The molecule has 0 heterocycles. The number of rotatable bonds is 10. The largest absolute Gasteiger partial charge is 0.545 e. The predicted octanol–water partition coefficient (Wildman–Crippen LogP) is 0.524. The van der Waals surface area contributed by atoms with Crippen LogP contribution in [-0.4, -0.2) is 32.2 Å². The third-order valence-electron chi connectivity index (χ3n) is 3.24. The minimum atomic E-state index is -1.16. The topological polar surface area (TPSA) is 53.8 Å². The highest BCUT2D eigenvalue weighted by molar-refractivity contribution is 5.85. The Labute approximate surface area is 121 Å². The zero-order valence-electron chi connectivity index (χ0n) is 12.5. The molecule has 0 spiro atoms. The molecule has 0 aliphatic carbocycles. The van der Waals surface area contributed by atoms with Crippen molar-refractivity contribution in [3.05, 3.63) is 29.8 Å². The third-order valence-corrected chi connectivity index (χ3v) is 3.24. The van der Waals surface area contributed by atoms with Gasteiger partial charge >= 0.3 is 0 Å². The summed E-state index contributed by atoms with van der Waals surface area (Å²) < 4.78 is 5.62. The Morgan fingerprint density at radius 1 is 1.10 bits per heavy atom. The number of carboxylic acids is 1. The van der Waals surface area contributed by atoms with Crippen LogP contribution in [0.3, 0.4) is 0 Å². The Morgan fingerprint density at radius 3 is 2.20 bits per heavy atom. The van der Waals surface area contributed by atoms with Crippen molar-refractivity contribution < 1.29 is 19.5 Å². The first kappa shape index (κ1) is 16.5. The van der Waals surface area contributed by atoms with Crippen LogP contribution in [0.15, 0.2) is 24.3 Å². The number of aromatic carboxylic acids is 1. The lowest BCUT2D eigenvalue weighted by molar-refractivity contribution is -0.900. The minimum absolute atomic E-state index is 0.180. The molecule has 0 amide bonds. The maximum absolute atomic E-state index is 10.6.